The lowest BCUT2D eigenvalue weighted by Crippen LogP contribution is -2.24. The van der Waals surface area contributed by atoms with Gasteiger partial charge in [-0.1, -0.05) is 6.07 Å². The van der Waals surface area contributed by atoms with Crippen molar-refractivity contribution in [2.24, 2.45) is 16.6 Å². The molecule has 1 fully saturated rings. The summed E-state index contributed by atoms with van der Waals surface area (Å²) in [5.41, 5.74) is 9.13. The molecule has 1 atom stereocenters. The Morgan fingerprint density at radius 1 is 1.38 bits per heavy atom. The molecule has 0 radical (unpaired) electrons. The summed E-state index contributed by atoms with van der Waals surface area (Å²) < 4.78 is 22.7. The molecule has 0 amide bonds. The molecule has 21 heavy (non-hydrogen) atoms. The molecule has 1 aliphatic heterocycles. The molecule has 1 aliphatic rings. The second-order valence-electron chi connectivity index (χ2n) is 5.42. The number of hydrogen-bond donors (Lipinski definition) is 2. The number of nitrogens with two attached hydrogens (primary N) is 1. The highest BCUT2D eigenvalue weighted by Gasteiger charge is 2.27. The second-order valence-corrected chi connectivity index (χ2v) is 7.65. The lowest BCUT2D eigenvalue weighted by Gasteiger charge is -2.09. The molecule has 2 rings (SSSR count). The molecule has 1 aromatic carbocycles. The summed E-state index contributed by atoms with van der Waals surface area (Å²) in [6.07, 6.45) is 0.683. The zero-order chi connectivity index (χ0) is 14.8. The smallest absolute Gasteiger partial charge is 0.193 e. The van der Waals surface area contributed by atoms with Crippen molar-refractivity contribution >= 4 is 45.5 Å². The predicted molar refractivity (Wildman–Crippen MR) is 98.2 cm³/mol. The van der Waals surface area contributed by atoms with Crippen molar-refractivity contribution in [2.75, 3.05) is 23.4 Å². The second kappa shape index (κ2) is 7.44. The summed E-state index contributed by atoms with van der Waals surface area (Å²) in [7, 11) is -2.84. The minimum atomic E-state index is -2.84. The highest BCUT2D eigenvalue weighted by atomic mass is 127. The molecule has 1 saturated heterocycles. The number of rotatable bonds is 3. The van der Waals surface area contributed by atoms with Gasteiger partial charge in [0, 0.05) is 12.2 Å². The van der Waals surface area contributed by atoms with E-state index in [2.05, 4.69) is 17.2 Å². The van der Waals surface area contributed by atoms with Crippen LogP contribution in [0.1, 0.15) is 17.5 Å². The molecular weight excluding hydrogens is 401 g/mol. The van der Waals surface area contributed by atoms with Gasteiger partial charge in [0.1, 0.15) is 0 Å². The Bertz CT molecular complexity index is 629. The Hall–Kier alpha value is -0.830. The van der Waals surface area contributed by atoms with Gasteiger partial charge >= 0.3 is 0 Å². The van der Waals surface area contributed by atoms with E-state index in [1.54, 1.807) is 0 Å². The van der Waals surface area contributed by atoms with Crippen molar-refractivity contribution in [3.63, 3.8) is 0 Å². The number of nitrogens with one attached hydrogen (secondary N) is 1. The largest absolute Gasteiger partial charge is 0.370 e. The fourth-order valence-corrected chi connectivity index (χ4v) is 4.10. The van der Waals surface area contributed by atoms with Crippen LogP contribution in [0.3, 0.4) is 0 Å². The summed E-state index contributed by atoms with van der Waals surface area (Å²) in [5.74, 6) is 0.933. The lowest BCUT2D eigenvalue weighted by atomic mass is 10.1. The van der Waals surface area contributed by atoms with Gasteiger partial charge in [-0.3, -0.25) is 4.99 Å². The molecule has 0 bridgehead atoms. The monoisotopic (exact) mass is 423 g/mol. The Morgan fingerprint density at radius 3 is 2.67 bits per heavy atom. The van der Waals surface area contributed by atoms with E-state index < -0.39 is 9.84 Å². The van der Waals surface area contributed by atoms with Gasteiger partial charge in [0.05, 0.1) is 11.5 Å². The average Bonchev–Trinajstić information content (AvgIpc) is 2.71. The van der Waals surface area contributed by atoms with Crippen LogP contribution in [0.4, 0.5) is 5.69 Å². The maximum absolute atomic E-state index is 11.4. The quantitative estimate of drug-likeness (QED) is 0.443. The fourth-order valence-electron chi connectivity index (χ4n) is 2.25. The summed E-state index contributed by atoms with van der Waals surface area (Å²) >= 11 is 0. The van der Waals surface area contributed by atoms with Gasteiger partial charge in [0.15, 0.2) is 15.8 Å². The fraction of sp³-hybridized carbons (Fsp3) is 0.500. The van der Waals surface area contributed by atoms with E-state index in [4.69, 9.17) is 5.73 Å². The van der Waals surface area contributed by atoms with Gasteiger partial charge in [-0.2, -0.15) is 0 Å². The van der Waals surface area contributed by atoms with E-state index in [1.807, 2.05) is 25.1 Å². The number of halogens is 1. The molecule has 3 N–H and O–H groups in total. The summed E-state index contributed by atoms with van der Waals surface area (Å²) in [4.78, 5) is 4.24. The molecule has 0 aromatic heterocycles. The summed E-state index contributed by atoms with van der Waals surface area (Å²) in [5, 5.41) is 3.03. The molecule has 0 aliphatic carbocycles. The highest BCUT2D eigenvalue weighted by Crippen LogP contribution is 2.18. The molecule has 1 aromatic rings. The summed E-state index contributed by atoms with van der Waals surface area (Å²) in [6, 6.07) is 5.98. The van der Waals surface area contributed by atoms with E-state index in [1.165, 1.54) is 11.1 Å². The predicted octanol–water partition coefficient (Wildman–Crippen LogP) is 2.08. The van der Waals surface area contributed by atoms with Crippen LogP contribution in [-0.2, 0) is 9.84 Å². The number of anilines is 1. The van der Waals surface area contributed by atoms with E-state index in [0.29, 0.717) is 18.9 Å². The van der Waals surface area contributed by atoms with Crippen molar-refractivity contribution < 1.29 is 8.42 Å². The van der Waals surface area contributed by atoms with Crippen LogP contribution in [0.2, 0.25) is 0 Å². The zero-order valence-electron chi connectivity index (χ0n) is 12.3. The first kappa shape index (κ1) is 18.2. The standard InChI is InChI=1S/C14H21N3O2S.HI/c1-10-3-4-13(7-11(10)2)17-14(15)16-8-12-5-6-20(18,19)9-12;/h3-4,7,12H,5-6,8-9H2,1-2H3,(H3,15,16,17);1H. The average molecular weight is 423 g/mol. The maximum Gasteiger partial charge on any atom is 0.193 e. The van der Waals surface area contributed by atoms with Crippen LogP contribution in [0.15, 0.2) is 23.2 Å². The number of sulfone groups is 1. The number of hydrogen-bond acceptors (Lipinski definition) is 3. The molecule has 7 heteroatoms. The van der Waals surface area contributed by atoms with Crippen LogP contribution in [0.5, 0.6) is 0 Å². The third kappa shape index (κ3) is 5.46. The number of aryl methyl sites for hydroxylation is 2. The Balaban J connectivity index is 0.00000220. The Kier molecular flexibility index (Phi) is 6.45. The first-order chi connectivity index (χ1) is 9.35. The topological polar surface area (TPSA) is 84.5 Å². The van der Waals surface area contributed by atoms with Crippen LogP contribution >= 0.6 is 24.0 Å². The van der Waals surface area contributed by atoms with Crippen molar-refractivity contribution in [3.05, 3.63) is 29.3 Å². The number of aliphatic imine (C=N–C) groups is 1. The van der Waals surface area contributed by atoms with E-state index in [0.717, 1.165) is 5.69 Å². The van der Waals surface area contributed by atoms with E-state index in [9.17, 15) is 8.42 Å². The first-order valence-corrected chi connectivity index (χ1v) is 8.52. The minimum absolute atomic E-state index is 0. The van der Waals surface area contributed by atoms with E-state index in [-0.39, 0.29) is 41.4 Å². The zero-order valence-corrected chi connectivity index (χ0v) is 15.4. The van der Waals surface area contributed by atoms with Crippen LogP contribution in [0, 0.1) is 19.8 Å². The van der Waals surface area contributed by atoms with E-state index >= 15 is 0 Å². The van der Waals surface area contributed by atoms with Crippen molar-refractivity contribution in [3.8, 4) is 0 Å². The maximum atomic E-state index is 11.4. The van der Waals surface area contributed by atoms with Crippen molar-refractivity contribution in [1.82, 2.24) is 0 Å². The molecule has 5 nitrogen and oxygen atoms in total. The van der Waals surface area contributed by atoms with Gasteiger partial charge in [0.25, 0.3) is 0 Å². The van der Waals surface area contributed by atoms with Crippen molar-refractivity contribution in [2.45, 2.75) is 20.3 Å². The number of nitrogens with zero attached hydrogens (tertiary/aromatic N) is 1. The first-order valence-electron chi connectivity index (χ1n) is 6.70. The molecular formula is C14H22IN3O2S. The van der Waals surface area contributed by atoms with Gasteiger partial charge in [-0.05, 0) is 49.4 Å². The van der Waals surface area contributed by atoms with Crippen LogP contribution in [0.25, 0.3) is 0 Å². The lowest BCUT2D eigenvalue weighted by molar-refractivity contribution is 0.591. The van der Waals surface area contributed by atoms with Gasteiger partial charge in [-0.15, -0.1) is 24.0 Å². The van der Waals surface area contributed by atoms with Crippen LogP contribution < -0.4 is 11.1 Å². The van der Waals surface area contributed by atoms with Gasteiger partial charge < -0.3 is 11.1 Å². The van der Waals surface area contributed by atoms with Gasteiger partial charge in [0.2, 0.25) is 0 Å². The highest BCUT2D eigenvalue weighted by molar-refractivity contribution is 14.0. The third-order valence-electron chi connectivity index (χ3n) is 3.63. The molecule has 118 valence electrons. The number of benzene rings is 1. The SMILES string of the molecule is Cc1ccc(NC(N)=NCC2CCS(=O)(=O)C2)cc1C.I. The molecule has 1 unspecified atom stereocenters. The normalized spacial score (nSPS) is 20.9. The Labute approximate surface area is 143 Å². The van der Waals surface area contributed by atoms with Crippen LogP contribution in [-0.4, -0.2) is 32.4 Å². The van der Waals surface area contributed by atoms with Crippen molar-refractivity contribution in [1.29, 1.82) is 0 Å². The molecule has 0 spiro atoms. The minimum Gasteiger partial charge on any atom is -0.370 e. The molecule has 0 saturated carbocycles. The third-order valence-corrected chi connectivity index (χ3v) is 5.46. The van der Waals surface area contributed by atoms with Gasteiger partial charge in [-0.25, -0.2) is 8.42 Å². The Morgan fingerprint density at radius 2 is 2.10 bits per heavy atom. The summed E-state index contributed by atoms with van der Waals surface area (Å²) in [6.45, 7) is 4.55. The number of guanidine groups is 1. The molecule has 1 heterocycles.